The molecule has 5 nitrogen and oxygen atoms in total. The molecule has 0 bridgehead atoms. The first-order valence-electron chi connectivity index (χ1n) is 6.06. The van der Waals surface area contributed by atoms with Gasteiger partial charge in [-0.05, 0) is 36.4 Å². The molecule has 2 rings (SSSR count). The van der Waals surface area contributed by atoms with Crippen molar-refractivity contribution < 1.29 is 33.0 Å². The molecule has 0 amide bonds. The first kappa shape index (κ1) is 15.4. The fraction of sp³-hybridized carbons (Fsp3) is 0.0667. The van der Waals surface area contributed by atoms with E-state index < -0.39 is 18.0 Å². The van der Waals surface area contributed by atoms with Crippen LogP contribution >= 0.6 is 0 Å². The van der Waals surface area contributed by atoms with Gasteiger partial charge in [0, 0.05) is 0 Å². The molecule has 22 heavy (non-hydrogen) atoms. The predicted octanol–water partition coefficient (Wildman–Crippen LogP) is 2.96. The fourth-order valence-corrected chi connectivity index (χ4v) is 1.51. The standard InChI is InChI=1S/C15H10F2O5/c16-15(17,14(19)20)22-12-8-6-10(7-9-12)13(18)21-11-4-2-1-3-5-11/h1-9H,(H,19,20). The Morgan fingerprint density at radius 3 is 2.05 bits per heavy atom. The van der Waals surface area contributed by atoms with E-state index in [0.29, 0.717) is 5.75 Å². The van der Waals surface area contributed by atoms with Gasteiger partial charge in [-0.25, -0.2) is 9.59 Å². The Morgan fingerprint density at radius 1 is 0.909 bits per heavy atom. The molecule has 0 aromatic heterocycles. The van der Waals surface area contributed by atoms with Crippen LogP contribution in [0.15, 0.2) is 54.6 Å². The van der Waals surface area contributed by atoms with Gasteiger partial charge < -0.3 is 14.6 Å². The molecule has 0 saturated heterocycles. The van der Waals surface area contributed by atoms with Gasteiger partial charge in [-0.2, -0.15) is 8.78 Å². The Morgan fingerprint density at radius 2 is 1.50 bits per heavy atom. The van der Waals surface area contributed by atoms with Crippen LogP contribution in [-0.2, 0) is 4.79 Å². The highest BCUT2D eigenvalue weighted by Gasteiger charge is 2.42. The van der Waals surface area contributed by atoms with E-state index in [1.807, 2.05) is 0 Å². The molecule has 0 heterocycles. The van der Waals surface area contributed by atoms with Gasteiger partial charge in [0.15, 0.2) is 0 Å². The zero-order valence-electron chi connectivity index (χ0n) is 11.0. The number of benzene rings is 2. The number of esters is 1. The Balaban J connectivity index is 2.05. The number of carbonyl (C=O) groups excluding carboxylic acids is 1. The molecule has 114 valence electrons. The Hall–Kier alpha value is -2.96. The number of para-hydroxylation sites is 1. The SMILES string of the molecule is O=C(Oc1ccccc1)c1ccc(OC(F)(F)C(=O)O)cc1. The molecule has 0 saturated carbocycles. The summed E-state index contributed by atoms with van der Waals surface area (Å²) < 4.78 is 34.8. The van der Waals surface area contributed by atoms with Gasteiger partial charge in [0.1, 0.15) is 11.5 Å². The Kier molecular flexibility index (Phi) is 4.36. The monoisotopic (exact) mass is 308 g/mol. The van der Waals surface area contributed by atoms with Crippen LogP contribution in [0.25, 0.3) is 0 Å². The van der Waals surface area contributed by atoms with Crippen molar-refractivity contribution >= 4 is 11.9 Å². The predicted molar refractivity (Wildman–Crippen MR) is 71.1 cm³/mol. The van der Waals surface area contributed by atoms with Gasteiger partial charge in [-0.1, -0.05) is 18.2 Å². The molecule has 0 atom stereocenters. The van der Waals surface area contributed by atoms with Crippen LogP contribution in [0.4, 0.5) is 8.78 Å². The van der Waals surface area contributed by atoms with Crippen molar-refractivity contribution in [2.75, 3.05) is 0 Å². The maximum atomic E-state index is 12.9. The number of hydrogen-bond donors (Lipinski definition) is 1. The number of carbonyl (C=O) groups is 2. The molecule has 2 aromatic rings. The second-order valence-corrected chi connectivity index (χ2v) is 4.15. The van der Waals surface area contributed by atoms with E-state index >= 15 is 0 Å². The largest absolute Gasteiger partial charge is 0.501 e. The minimum Gasteiger partial charge on any atom is -0.474 e. The van der Waals surface area contributed by atoms with Crippen LogP contribution in [0.3, 0.4) is 0 Å². The molecule has 0 unspecified atom stereocenters. The van der Waals surface area contributed by atoms with Crippen LogP contribution in [0.5, 0.6) is 11.5 Å². The third-order valence-corrected chi connectivity index (χ3v) is 2.54. The van der Waals surface area contributed by atoms with Crippen LogP contribution in [-0.4, -0.2) is 23.2 Å². The summed E-state index contributed by atoms with van der Waals surface area (Å²) in [6.07, 6.45) is -4.34. The van der Waals surface area contributed by atoms with Gasteiger partial charge in [-0.3, -0.25) is 0 Å². The minimum atomic E-state index is -4.34. The third-order valence-electron chi connectivity index (χ3n) is 2.54. The van der Waals surface area contributed by atoms with Crippen molar-refractivity contribution in [1.29, 1.82) is 0 Å². The highest BCUT2D eigenvalue weighted by atomic mass is 19.3. The fourth-order valence-electron chi connectivity index (χ4n) is 1.51. The summed E-state index contributed by atoms with van der Waals surface area (Å²) in [5, 5.41) is 8.26. The van der Waals surface area contributed by atoms with E-state index in [1.54, 1.807) is 30.3 Å². The number of hydrogen-bond acceptors (Lipinski definition) is 4. The van der Waals surface area contributed by atoms with Gasteiger partial charge in [0.2, 0.25) is 0 Å². The van der Waals surface area contributed by atoms with Crippen molar-refractivity contribution in [3.8, 4) is 11.5 Å². The van der Waals surface area contributed by atoms with Crippen LogP contribution in [0, 0.1) is 0 Å². The molecule has 1 N–H and O–H groups in total. The van der Waals surface area contributed by atoms with Gasteiger partial charge in [0.05, 0.1) is 5.56 Å². The summed E-state index contributed by atoms with van der Waals surface area (Å²) in [5.74, 6) is -3.13. The number of rotatable bonds is 5. The van der Waals surface area contributed by atoms with E-state index in [9.17, 15) is 18.4 Å². The maximum Gasteiger partial charge on any atom is 0.501 e. The molecule has 0 spiro atoms. The molecular weight excluding hydrogens is 298 g/mol. The molecular formula is C15H10F2O5. The lowest BCUT2D eigenvalue weighted by Crippen LogP contribution is -2.34. The molecule has 0 aliphatic rings. The van der Waals surface area contributed by atoms with Gasteiger partial charge in [-0.15, -0.1) is 0 Å². The lowest BCUT2D eigenvalue weighted by atomic mass is 10.2. The molecule has 7 heteroatoms. The lowest BCUT2D eigenvalue weighted by molar-refractivity contribution is -0.210. The second-order valence-electron chi connectivity index (χ2n) is 4.15. The van der Waals surface area contributed by atoms with Crippen molar-refractivity contribution in [2.45, 2.75) is 6.11 Å². The zero-order chi connectivity index (χ0) is 16.2. The topological polar surface area (TPSA) is 72.8 Å². The molecule has 0 fully saturated rings. The lowest BCUT2D eigenvalue weighted by Gasteiger charge is -2.13. The van der Waals surface area contributed by atoms with Gasteiger partial charge in [0.25, 0.3) is 0 Å². The summed E-state index contributed by atoms with van der Waals surface area (Å²) in [6.45, 7) is 0. The van der Waals surface area contributed by atoms with Crippen LogP contribution in [0.2, 0.25) is 0 Å². The van der Waals surface area contributed by atoms with E-state index in [4.69, 9.17) is 9.84 Å². The Labute approximate surface area is 123 Å². The summed E-state index contributed by atoms with van der Waals surface area (Å²) in [4.78, 5) is 22.1. The normalized spacial score (nSPS) is 10.8. The first-order chi connectivity index (χ1) is 10.4. The Bertz CT molecular complexity index is 668. The summed E-state index contributed by atoms with van der Waals surface area (Å²) in [5.41, 5.74) is 0.106. The van der Waals surface area contributed by atoms with E-state index in [2.05, 4.69) is 4.74 Å². The second kappa shape index (κ2) is 6.21. The summed E-state index contributed by atoms with van der Waals surface area (Å²) >= 11 is 0. The third kappa shape index (κ3) is 3.78. The molecule has 2 aromatic carbocycles. The average Bonchev–Trinajstić information content (AvgIpc) is 2.48. The van der Waals surface area contributed by atoms with Crippen molar-refractivity contribution in [2.24, 2.45) is 0 Å². The van der Waals surface area contributed by atoms with Crippen molar-refractivity contribution in [3.05, 3.63) is 60.2 Å². The number of halogens is 2. The van der Waals surface area contributed by atoms with Gasteiger partial charge >= 0.3 is 18.0 Å². The maximum absolute atomic E-state index is 12.9. The van der Waals surface area contributed by atoms with E-state index in [1.165, 1.54) is 12.1 Å². The smallest absolute Gasteiger partial charge is 0.474 e. The molecule has 0 aliphatic carbocycles. The minimum absolute atomic E-state index is 0.106. The number of ether oxygens (including phenoxy) is 2. The highest BCUT2D eigenvalue weighted by Crippen LogP contribution is 2.22. The first-order valence-corrected chi connectivity index (χ1v) is 6.06. The number of alkyl halides is 2. The molecule has 0 aliphatic heterocycles. The highest BCUT2D eigenvalue weighted by molar-refractivity contribution is 5.91. The van der Waals surface area contributed by atoms with Crippen LogP contribution in [0.1, 0.15) is 10.4 Å². The van der Waals surface area contributed by atoms with Crippen molar-refractivity contribution in [1.82, 2.24) is 0 Å². The summed E-state index contributed by atoms with van der Waals surface area (Å²) in [6, 6.07) is 12.8. The number of aliphatic carboxylic acids is 1. The quantitative estimate of drug-likeness (QED) is 0.679. The summed E-state index contributed by atoms with van der Waals surface area (Å²) in [7, 11) is 0. The van der Waals surface area contributed by atoms with E-state index in [0.717, 1.165) is 12.1 Å². The zero-order valence-corrected chi connectivity index (χ0v) is 11.0. The molecule has 0 radical (unpaired) electrons. The van der Waals surface area contributed by atoms with E-state index in [-0.39, 0.29) is 11.3 Å². The van der Waals surface area contributed by atoms with Crippen molar-refractivity contribution in [3.63, 3.8) is 0 Å². The van der Waals surface area contributed by atoms with Crippen LogP contribution < -0.4 is 9.47 Å². The average molecular weight is 308 g/mol. The number of carboxylic acids is 1. The number of carboxylic acid groups (broad SMARTS) is 1.